The number of benzene rings is 1. The molecule has 1 aliphatic carbocycles. The summed E-state index contributed by atoms with van der Waals surface area (Å²) in [5, 5.41) is 0. The van der Waals surface area contributed by atoms with Crippen molar-refractivity contribution in [1.82, 2.24) is 0 Å². The molecule has 0 saturated heterocycles. The summed E-state index contributed by atoms with van der Waals surface area (Å²) >= 11 is 0. The van der Waals surface area contributed by atoms with Crippen LogP contribution in [0.4, 0.5) is 0 Å². The van der Waals surface area contributed by atoms with Crippen molar-refractivity contribution in [3.8, 4) is 5.75 Å². The predicted molar refractivity (Wildman–Crippen MR) is 80.3 cm³/mol. The van der Waals surface area contributed by atoms with Crippen molar-refractivity contribution >= 4 is 0 Å². The van der Waals surface area contributed by atoms with Gasteiger partial charge in [-0.2, -0.15) is 0 Å². The third-order valence-corrected chi connectivity index (χ3v) is 4.59. The molecule has 0 aliphatic heterocycles. The summed E-state index contributed by atoms with van der Waals surface area (Å²) in [7, 11) is 1.73. The Balaban J connectivity index is 1.99. The average Bonchev–Trinajstić information content (AvgIpc) is 2.47. The monoisotopic (exact) mass is 261 g/mol. The summed E-state index contributed by atoms with van der Waals surface area (Å²) in [4.78, 5) is 0. The van der Waals surface area contributed by atoms with Gasteiger partial charge in [0, 0.05) is 11.6 Å². The zero-order valence-corrected chi connectivity index (χ0v) is 12.3. The van der Waals surface area contributed by atoms with Crippen molar-refractivity contribution in [3.63, 3.8) is 0 Å². The highest BCUT2D eigenvalue weighted by molar-refractivity contribution is 5.36. The van der Waals surface area contributed by atoms with Gasteiger partial charge in [0.15, 0.2) is 0 Å². The van der Waals surface area contributed by atoms with Gasteiger partial charge in [-0.05, 0) is 30.7 Å². The molecule has 1 aromatic rings. The Hall–Kier alpha value is -1.02. The Labute approximate surface area is 117 Å². The van der Waals surface area contributed by atoms with Gasteiger partial charge in [0.05, 0.1) is 7.11 Å². The molecule has 1 saturated carbocycles. The summed E-state index contributed by atoms with van der Waals surface area (Å²) in [6.07, 6.45) is 7.93. The highest BCUT2D eigenvalue weighted by Gasteiger charge is 2.27. The smallest absolute Gasteiger partial charge is 0.123 e. The molecule has 1 unspecified atom stereocenters. The molecule has 2 nitrogen and oxygen atoms in total. The standard InChI is InChI=1S/C17H27NO/c1-3-6-13-9-11-14(12-10-13)17(18)15-7-4-5-8-16(15)19-2/h4-5,7-8,13-14,17H,3,6,9-12,18H2,1-2H3. The second-order valence-electron chi connectivity index (χ2n) is 5.84. The number of ether oxygens (including phenoxy) is 1. The van der Waals surface area contributed by atoms with Crippen LogP contribution in [-0.4, -0.2) is 7.11 Å². The summed E-state index contributed by atoms with van der Waals surface area (Å²) in [6, 6.07) is 8.31. The van der Waals surface area contributed by atoms with Crippen LogP contribution in [0, 0.1) is 11.8 Å². The van der Waals surface area contributed by atoms with Crippen molar-refractivity contribution < 1.29 is 4.74 Å². The third kappa shape index (κ3) is 3.50. The van der Waals surface area contributed by atoms with Gasteiger partial charge < -0.3 is 10.5 Å². The zero-order valence-electron chi connectivity index (χ0n) is 12.3. The SMILES string of the molecule is CCCC1CCC(C(N)c2ccccc2OC)CC1. The molecule has 19 heavy (non-hydrogen) atoms. The Morgan fingerprint density at radius 1 is 1.21 bits per heavy atom. The molecule has 0 heterocycles. The second kappa shape index (κ2) is 6.95. The number of rotatable bonds is 5. The van der Waals surface area contributed by atoms with E-state index in [9.17, 15) is 0 Å². The molecule has 1 aliphatic rings. The molecule has 1 fully saturated rings. The van der Waals surface area contributed by atoms with E-state index in [0.717, 1.165) is 11.7 Å². The maximum Gasteiger partial charge on any atom is 0.123 e. The van der Waals surface area contributed by atoms with Gasteiger partial charge in [0.25, 0.3) is 0 Å². The third-order valence-electron chi connectivity index (χ3n) is 4.59. The van der Waals surface area contributed by atoms with Crippen molar-refractivity contribution in [2.45, 2.75) is 51.5 Å². The lowest BCUT2D eigenvalue weighted by molar-refractivity contribution is 0.232. The average molecular weight is 261 g/mol. The van der Waals surface area contributed by atoms with Crippen LogP contribution < -0.4 is 10.5 Å². The molecule has 0 bridgehead atoms. The lowest BCUT2D eigenvalue weighted by Crippen LogP contribution is -2.26. The van der Waals surface area contributed by atoms with Gasteiger partial charge in [0.2, 0.25) is 0 Å². The Kier molecular flexibility index (Phi) is 5.26. The molecular weight excluding hydrogens is 234 g/mol. The number of methoxy groups -OCH3 is 1. The minimum Gasteiger partial charge on any atom is -0.496 e. The summed E-state index contributed by atoms with van der Waals surface area (Å²) in [5.41, 5.74) is 7.66. The van der Waals surface area contributed by atoms with Crippen LogP contribution in [0.5, 0.6) is 5.75 Å². The fraction of sp³-hybridized carbons (Fsp3) is 0.647. The van der Waals surface area contributed by atoms with Gasteiger partial charge in [-0.15, -0.1) is 0 Å². The zero-order chi connectivity index (χ0) is 13.7. The minimum atomic E-state index is 0.124. The maximum absolute atomic E-state index is 6.49. The quantitative estimate of drug-likeness (QED) is 0.857. The molecule has 1 aromatic carbocycles. The minimum absolute atomic E-state index is 0.124. The summed E-state index contributed by atoms with van der Waals surface area (Å²) in [6.45, 7) is 2.28. The molecule has 0 spiro atoms. The van der Waals surface area contributed by atoms with Crippen LogP contribution >= 0.6 is 0 Å². The van der Waals surface area contributed by atoms with E-state index in [4.69, 9.17) is 10.5 Å². The number of para-hydroxylation sites is 1. The van der Waals surface area contributed by atoms with Gasteiger partial charge in [0.1, 0.15) is 5.75 Å². The van der Waals surface area contributed by atoms with Crippen LogP contribution in [0.2, 0.25) is 0 Å². The Morgan fingerprint density at radius 3 is 2.53 bits per heavy atom. The van der Waals surface area contributed by atoms with E-state index in [1.807, 2.05) is 12.1 Å². The van der Waals surface area contributed by atoms with E-state index in [1.54, 1.807) is 7.11 Å². The van der Waals surface area contributed by atoms with Crippen LogP contribution in [0.1, 0.15) is 57.1 Å². The van der Waals surface area contributed by atoms with Crippen LogP contribution in [0.15, 0.2) is 24.3 Å². The first kappa shape index (κ1) is 14.4. The van der Waals surface area contributed by atoms with E-state index in [0.29, 0.717) is 5.92 Å². The largest absolute Gasteiger partial charge is 0.496 e. The van der Waals surface area contributed by atoms with Crippen molar-refractivity contribution in [2.75, 3.05) is 7.11 Å². The molecule has 2 heteroatoms. The van der Waals surface area contributed by atoms with Crippen molar-refractivity contribution in [3.05, 3.63) is 29.8 Å². The van der Waals surface area contributed by atoms with E-state index < -0.39 is 0 Å². The second-order valence-corrected chi connectivity index (χ2v) is 5.84. The Bertz CT molecular complexity index is 383. The number of hydrogen-bond donors (Lipinski definition) is 1. The van der Waals surface area contributed by atoms with Crippen LogP contribution in [0.3, 0.4) is 0 Å². The van der Waals surface area contributed by atoms with E-state index in [1.165, 1.54) is 44.1 Å². The number of nitrogens with two attached hydrogens (primary N) is 1. The van der Waals surface area contributed by atoms with Crippen LogP contribution in [-0.2, 0) is 0 Å². The molecule has 106 valence electrons. The Morgan fingerprint density at radius 2 is 1.89 bits per heavy atom. The highest BCUT2D eigenvalue weighted by atomic mass is 16.5. The molecule has 0 aromatic heterocycles. The fourth-order valence-electron chi connectivity index (χ4n) is 3.44. The van der Waals surface area contributed by atoms with Crippen LogP contribution in [0.25, 0.3) is 0 Å². The lowest BCUT2D eigenvalue weighted by Gasteiger charge is -2.32. The summed E-state index contributed by atoms with van der Waals surface area (Å²) < 4.78 is 5.44. The molecule has 0 radical (unpaired) electrons. The number of hydrogen-bond acceptors (Lipinski definition) is 2. The summed E-state index contributed by atoms with van der Waals surface area (Å²) in [5.74, 6) is 2.49. The van der Waals surface area contributed by atoms with E-state index in [2.05, 4.69) is 19.1 Å². The molecule has 2 rings (SSSR count). The predicted octanol–water partition coefficient (Wildman–Crippen LogP) is 4.30. The molecule has 2 N–H and O–H groups in total. The van der Waals surface area contributed by atoms with Gasteiger partial charge >= 0.3 is 0 Å². The fourth-order valence-corrected chi connectivity index (χ4v) is 3.44. The molecule has 1 atom stereocenters. The molecular formula is C17H27NO. The first-order valence-corrected chi connectivity index (χ1v) is 7.64. The normalized spacial score (nSPS) is 25.0. The van der Waals surface area contributed by atoms with Gasteiger partial charge in [-0.25, -0.2) is 0 Å². The first-order valence-electron chi connectivity index (χ1n) is 7.64. The first-order chi connectivity index (χ1) is 9.26. The van der Waals surface area contributed by atoms with E-state index in [-0.39, 0.29) is 6.04 Å². The lowest BCUT2D eigenvalue weighted by atomic mass is 9.75. The van der Waals surface area contributed by atoms with E-state index >= 15 is 0 Å². The topological polar surface area (TPSA) is 35.2 Å². The highest BCUT2D eigenvalue weighted by Crippen LogP contribution is 2.39. The van der Waals surface area contributed by atoms with Gasteiger partial charge in [-0.3, -0.25) is 0 Å². The van der Waals surface area contributed by atoms with Crippen molar-refractivity contribution in [1.29, 1.82) is 0 Å². The molecule has 0 amide bonds. The van der Waals surface area contributed by atoms with Gasteiger partial charge in [-0.1, -0.05) is 50.8 Å². The maximum atomic E-state index is 6.49. The van der Waals surface area contributed by atoms with Crippen molar-refractivity contribution in [2.24, 2.45) is 17.6 Å².